The second-order valence-corrected chi connectivity index (χ2v) is 5.52. The third kappa shape index (κ3) is 4.55. The minimum atomic E-state index is -0.311. The summed E-state index contributed by atoms with van der Waals surface area (Å²) in [6, 6.07) is 15.1. The van der Waals surface area contributed by atoms with Gasteiger partial charge in [-0.1, -0.05) is 12.1 Å². The zero-order chi connectivity index (χ0) is 17.5. The van der Waals surface area contributed by atoms with Crippen molar-refractivity contribution in [3.8, 4) is 11.3 Å². The molecule has 2 aromatic heterocycles. The molecule has 2 heterocycles. The van der Waals surface area contributed by atoms with Gasteiger partial charge in [-0.2, -0.15) is 0 Å². The topological polar surface area (TPSA) is 64.4 Å². The molecule has 0 unspecified atom stereocenters. The number of carbonyl (C=O) groups is 1. The van der Waals surface area contributed by atoms with E-state index in [0.717, 1.165) is 23.6 Å². The third-order valence-corrected chi connectivity index (χ3v) is 3.72. The molecule has 0 spiro atoms. The average Bonchev–Trinajstić information content (AvgIpc) is 3.12. The fourth-order valence-electron chi connectivity index (χ4n) is 2.44. The van der Waals surface area contributed by atoms with Crippen LogP contribution in [0.3, 0.4) is 0 Å². The van der Waals surface area contributed by atoms with E-state index in [1.165, 1.54) is 5.56 Å². The first-order valence-electron chi connectivity index (χ1n) is 8.22. The summed E-state index contributed by atoms with van der Waals surface area (Å²) in [5.41, 5.74) is 2.64. The van der Waals surface area contributed by atoms with Crippen molar-refractivity contribution >= 4 is 5.97 Å². The summed E-state index contributed by atoms with van der Waals surface area (Å²) >= 11 is 0. The van der Waals surface area contributed by atoms with E-state index in [0.29, 0.717) is 18.7 Å². The van der Waals surface area contributed by atoms with Crippen LogP contribution in [0.5, 0.6) is 0 Å². The summed E-state index contributed by atoms with van der Waals surface area (Å²) in [6.45, 7) is 3.56. The van der Waals surface area contributed by atoms with E-state index >= 15 is 0 Å². The number of furan rings is 1. The molecule has 0 fully saturated rings. The Labute approximate surface area is 146 Å². The van der Waals surface area contributed by atoms with Crippen molar-refractivity contribution in [2.45, 2.75) is 20.0 Å². The lowest BCUT2D eigenvalue weighted by molar-refractivity contribution is 0.0526. The molecule has 0 bridgehead atoms. The predicted octanol–water partition coefficient (Wildman–Crippen LogP) is 3.81. The molecule has 0 aliphatic rings. The van der Waals surface area contributed by atoms with Crippen LogP contribution in [0.2, 0.25) is 0 Å². The molecule has 0 aliphatic carbocycles. The highest BCUT2D eigenvalue weighted by atomic mass is 16.5. The van der Waals surface area contributed by atoms with Gasteiger partial charge in [0.1, 0.15) is 11.5 Å². The van der Waals surface area contributed by atoms with Crippen LogP contribution in [0.1, 0.15) is 28.6 Å². The van der Waals surface area contributed by atoms with Crippen LogP contribution < -0.4 is 5.32 Å². The number of nitrogens with zero attached hydrogens (tertiary/aromatic N) is 1. The first-order chi connectivity index (χ1) is 12.3. The number of nitrogens with one attached hydrogen (secondary N) is 1. The van der Waals surface area contributed by atoms with Crippen LogP contribution in [0, 0.1) is 0 Å². The number of carbonyl (C=O) groups excluding carboxylic acids is 1. The second kappa shape index (κ2) is 8.26. The summed E-state index contributed by atoms with van der Waals surface area (Å²) in [5.74, 6) is 1.32. The molecule has 0 saturated heterocycles. The molecular formula is C20H20N2O3. The van der Waals surface area contributed by atoms with Crippen LogP contribution >= 0.6 is 0 Å². The van der Waals surface area contributed by atoms with Crippen molar-refractivity contribution in [1.29, 1.82) is 0 Å². The molecule has 25 heavy (non-hydrogen) atoms. The average molecular weight is 336 g/mol. The van der Waals surface area contributed by atoms with Crippen molar-refractivity contribution in [2.75, 3.05) is 6.61 Å². The Morgan fingerprint density at radius 3 is 2.52 bits per heavy atom. The van der Waals surface area contributed by atoms with Gasteiger partial charge in [-0.25, -0.2) is 4.79 Å². The van der Waals surface area contributed by atoms with Crippen molar-refractivity contribution in [2.24, 2.45) is 0 Å². The lowest BCUT2D eigenvalue weighted by Crippen LogP contribution is -2.11. The fourth-order valence-corrected chi connectivity index (χ4v) is 2.44. The minimum absolute atomic E-state index is 0.311. The minimum Gasteiger partial charge on any atom is -0.462 e. The number of ether oxygens (including phenoxy) is 1. The van der Waals surface area contributed by atoms with Crippen LogP contribution in [-0.2, 0) is 17.8 Å². The van der Waals surface area contributed by atoms with Crippen molar-refractivity contribution < 1.29 is 13.9 Å². The van der Waals surface area contributed by atoms with Gasteiger partial charge in [0.15, 0.2) is 0 Å². The van der Waals surface area contributed by atoms with Gasteiger partial charge in [-0.3, -0.25) is 4.98 Å². The summed E-state index contributed by atoms with van der Waals surface area (Å²) in [4.78, 5) is 15.7. The van der Waals surface area contributed by atoms with Crippen molar-refractivity contribution in [3.05, 3.63) is 77.8 Å². The second-order valence-electron chi connectivity index (χ2n) is 5.52. The number of benzene rings is 1. The van der Waals surface area contributed by atoms with E-state index in [2.05, 4.69) is 10.3 Å². The van der Waals surface area contributed by atoms with E-state index in [9.17, 15) is 4.79 Å². The van der Waals surface area contributed by atoms with Gasteiger partial charge in [0.2, 0.25) is 0 Å². The number of esters is 1. The van der Waals surface area contributed by atoms with E-state index in [1.54, 1.807) is 31.5 Å². The standard InChI is InChI=1S/C20H20N2O3/c1-2-24-20(23)17-5-3-16(4-6-17)19-8-7-18(25-19)14-22-13-15-9-11-21-12-10-15/h3-12,22H,2,13-14H2,1H3. The molecule has 0 radical (unpaired) electrons. The Balaban J connectivity index is 1.58. The Kier molecular flexibility index (Phi) is 5.59. The molecule has 5 heteroatoms. The lowest BCUT2D eigenvalue weighted by Gasteiger charge is -2.03. The molecule has 5 nitrogen and oxygen atoms in total. The maximum atomic E-state index is 11.7. The Hall–Kier alpha value is -2.92. The summed E-state index contributed by atoms with van der Waals surface area (Å²) in [5, 5.41) is 3.34. The highest BCUT2D eigenvalue weighted by Crippen LogP contribution is 2.23. The normalized spacial score (nSPS) is 10.6. The number of hydrogen-bond donors (Lipinski definition) is 1. The fraction of sp³-hybridized carbons (Fsp3) is 0.200. The predicted molar refractivity (Wildman–Crippen MR) is 94.9 cm³/mol. The summed E-state index contributed by atoms with van der Waals surface area (Å²) < 4.78 is 10.8. The maximum absolute atomic E-state index is 11.7. The maximum Gasteiger partial charge on any atom is 0.338 e. The molecule has 0 saturated carbocycles. The first kappa shape index (κ1) is 16.9. The largest absolute Gasteiger partial charge is 0.462 e. The van der Waals surface area contributed by atoms with Gasteiger partial charge in [0.25, 0.3) is 0 Å². The van der Waals surface area contributed by atoms with Gasteiger partial charge in [-0.15, -0.1) is 0 Å². The SMILES string of the molecule is CCOC(=O)c1ccc(-c2ccc(CNCc3ccncc3)o2)cc1. The number of pyridine rings is 1. The Morgan fingerprint density at radius 1 is 1.04 bits per heavy atom. The van der Waals surface area contributed by atoms with Gasteiger partial charge >= 0.3 is 5.97 Å². The van der Waals surface area contributed by atoms with Gasteiger partial charge in [0.05, 0.1) is 18.7 Å². The smallest absolute Gasteiger partial charge is 0.338 e. The third-order valence-electron chi connectivity index (χ3n) is 3.72. The molecule has 1 aromatic carbocycles. The van der Waals surface area contributed by atoms with E-state index in [4.69, 9.17) is 9.15 Å². The summed E-state index contributed by atoms with van der Waals surface area (Å²) in [7, 11) is 0. The van der Waals surface area contributed by atoms with E-state index in [-0.39, 0.29) is 5.97 Å². The van der Waals surface area contributed by atoms with Crippen molar-refractivity contribution in [1.82, 2.24) is 10.3 Å². The van der Waals surface area contributed by atoms with Gasteiger partial charge in [0, 0.05) is 24.5 Å². The zero-order valence-electron chi connectivity index (χ0n) is 14.1. The van der Waals surface area contributed by atoms with Crippen LogP contribution in [-0.4, -0.2) is 17.6 Å². The van der Waals surface area contributed by atoms with Crippen molar-refractivity contribution in [3.63, 3.8) is 0 Å². The van der Waals surface area contributed by atoms with Gasteiger partial charge < -0.3 is 14.5 Å². The lowest BCUT2D eigenvalue weighted by atomic mass is 10.1. The zero-order valence-corrected chi connectivity index (χ0v) is 14.1. The number of aromatic nitrogens is 1. The molecule has 3 rings (SSSR count). The van der Waals surface area contributed by atoms with E-state index in [1.807, 2.05) is 36.4 Å². The molecule has 0 aliphatic heterocycles. The highest BCUT2D eigenvalue weighted by Gasteiger charge is 2.08. The Bertz CT molecular complexity index is 810. The molecule has 1 N–H and O–H groups in total. The summed E-state index contributed by atoms with van der Waals surface area (Å²) in [6.07, 6.45) is 3.56. The van der Waals surface area contributed by atoms with Crippen LogP contribution in [0.15, 0.2) is 65.3 Å². The molecule has 0 amide bonds. The highest BCUT2D eigenvalue weighted by molar-refractivity contribution is 5.89. The first-order valence-corrected chi connectivity index (χ1v) is 8.22. The monoisotopic (exact) mass is 336 g/mol. The van der Waals surface area contributed by atoms with Crippen LogP contribution in [0.4, 0.5) is 0 Å². The molecule has 128 valence electrons. The van der Waals surface area contributed by atoms with E-state index < -0.39 is 0 Å². The number of rotatable bonds is 7. The van der Waals surface area contributed by atoms with Crippen LogP contribution in [0.25, 0.3) is 11.3 Å². The molecular weight excluding hydrogens is 316 g/mol. The molecule has 3 aromatic rings. The quantitative estimate of drug-likeness (QED) is 0.665. The number of hydrogen-bond acceptors (Lipinski definition) is 5. The molecule has 0 atom stereocenters. The van der Waals surface area contributed by atoms with Gasteiger partial charge in [-0.05, 0) is 48.9 Å². The Morgan fingerprint density at radius 2 is 1.80 bits per heavy atom.